The second kappa shape index (κ2) is 37.2. The largest absolute Gasteiger partial charge is 0.492 e. The van der Waals surface area contributed by atoms with Crippen LogP contribution in [0.5, 0.6) is 0 Å². The molecule has 0 aliphatic carbocycles. The van der Waals surface area contributed by atoms with Crippen LogP contribution < -0.4 is 44.1 Å². The second-order valence-corrected chi connectivity index (χ2v) is 33.8. The number of hydrogen-bond acceptors (Lipinski definition) is 15. The topological polar surface area (TPSA) is 120 Å². The molecule has 0 saturated carbocycles. The number of imidazole rings is 3. The molecule has 3 aliphatic rings. The molecule has 14 aromatic carbocycles. The van der Waals surface area contributed by atoms with Gasteiger partial charge in [0.05, 0.1) is 45.4 Å². The van der Waals surface area contributed by atoms with E-state index in [1.165, 1.54) is 22.1 Å². The van der Waals surface area contributed by atoms with Gasteiger partial charge >= 0.3 is 0 Å². The van der Waals surface area contributed by atoms with Crippen LogP contribution in [0.3, 0.4) is 0 Å². The fourth-order valence-electron chi connectivity index (χ4n) is 19.5. The van der Waals surface area contributed by atoms with Gasteiger partial charge in [0.15, 0.2) is 0 Å². The number of para-hydroxylation sites is 6. The van der Waals surface area contributed by atoms with Crippen molar-refractivity contribution in [2.24, 2.45) is 0 Å². The molecule has 0 spiro atoms. The number of anilines is 18. The van der Waals surface area contributed by atoms with Crippen molar-refractivity contribution >= 4 is 185 Å². The first kappa shape index (κ1) is 89.0. The van der Waals surface area contributed by atoms with Crippen LogP contribution in [0.25, 0.3) is 104 Å². The van der Waals surface area contributed by atoms with Crippen LogP contribution in [-0.4, -0.2) is 64.2 Å². The van der Waals surface area contributed by atoms with Gasteiger partial charge in [0.1, 0.15) is 17.5 Å². The molecule has 3 aliphatic heterocycles. The van der Waals surface area contributed by atoms with Crippen LogP contribution in [0.15, 0.2) is 377 Å². The Morgan fingerprint density at radius 3 is 0.957 bits per heavy atom. The van der Waals surface area contributed by atoms with E-state index in [0.717, 1.165) is 202 Å². The van der Waals surface area contributed by atoms with Gasteiger partial charge in [-0.1, -0.05) is 207 Å². The first-order valence-electron chi connectivity index (χ1n) is 44.9. The van der Waals surface area contributed by atoms with Gasteiger partial charge in [0, 0.05) is 145 Å². The summed E-state index contributed by atoms with van der Waals surface area (Å²) in [7, 11) is 6.04. The average Bonchev–Trinajstić information content (AvgIpc) is 1.47. The van der Waals surface area contributed by atoms with Crippen molar-refractivity contribution in [1.82, 2.24) is 43.1 Å². The minimum Gasteiger partial charge on any atom is -0.492 e. The molecule has 18 nitrogen and oxygen atoms in total. The normalized spacial score (nSPS) is 12.5. The predicted octanol–water partition coefficient (Wildman–Crippen LogP) is 27.7. The smallest absolute Gasteiger partial charge is 0.121 e. The fourth-order valence-corrected chi connectivity index (χ4v) is 19.5. The molecule has 23 aromatic rings. The predicted molar refractivity (Wildman–Crippen MR) is 550 cm³/mol. The van der Waals surface area contributed by atoms with Crippen molar-refractivity contribution in [3.8, 4) is 22.5 Å². The van der Waals surface area contributed by atoms with Crippen LogP contribution in [0.4, 0.5) is 103 Å². The summed E-state index contributed by atoms with van der Waals surface area (Å²) >= 11 is 0. The number of rotatable bonds is 14. The van der Waals surface area contributed by atoms with Crippen LogP contribution in [0, 0.1) is 77.2 Å². The minimum absolute atomic E-state index is 0. The molecule has 0 unspecified atom stereocenters. The molecule has 0 saturated heterocycles. The zero-order chi connectivity index (χ0) is 90.5. The first-order chi connectivity index (χ1) is 66.5. The van der Waals surface area contributed by atoms with Gasteiger partial charge in [-0.3, -0.25) is 15.0 Å². The molecular weight excluding hydrogens is 2240 g/mol. The summed E-state index contributed by atoms with van der Waals surface area (Å²) in [6, 6.07) is 140. The Hall–Kier alpha value is -15.6. The van der Waals surface area contributed by atoms with Gasteiger partial charge < -0.3 is 57.3 Å². The van der Waals surface area contributed by atoms with Crippen molar-refractivity contribution in [2.45, 2.75) is 20.8 Å². The number of fused-ring (bicyclic) bond motifs is 21. The Labute approximate surface area is 842 Å². The maximum absolute atomic E-state index is 5.08. The molecule has 21 heteroatoms. The van der Waals surface area contributed by atoms with Crippen molar-refractivity contribution < 1.29 is 63.2 Å². The summed E-state index contributed by atoms with van der Waals surface area (Å²) in [5, 5.41) is 9.78. The molecule has 26 rings (SSSR count). The first-order valence-corrected chi connectivity index (χ1v) is 44.9. The average molecular weight is 2330 g/mol. The van der Waals surface area contributed by atoms with Gasteiger partial charge in [0.2, 0.25) is 0 Å². The minimum atomic E-state index is 0. The molecule has 0 bridgehead atoms. The Bertz CT molecular complexity index is 8530. The summed E-state index contributed by atoms with van der Waals surface area (Å²) in [6.07, 6.45) is 11.4. The van der Waals surface area contributed by atoms with Crippen molar-refractivity contribution in [1.29, 1.82) is 0 Å². The van der Waals surface area contributed by atoms with Gasteiger partial charge in [-0.15, -0.1) is 126 Å². The van der Waals surface area contributed by atoms with Gasteiger partial charge in [0.25, 0.3) is 0 Å². The summed E-state index contributed by atoms with van der Waals surface area (Å²) < 4.78 is 6.79. The molecule has 0 amide bonds. The van der Waals surface area contributed by atoms with Gasteiger partial charge in [-0.2, -0.15) is 38.2 Å². The van der Waals surface area contributed by atoms with E-state index >= 15 is 0 Å². The van der Waals surface area contributed by atoms with E-state index in [1.54, 1.807) is 0 Å². The van der Waals surface area contributed by atoms with E-state index in [-0.39, 0.29) is 63.2 Å². The molecule has 0 radical (unpaired) electrons. The third-order valence-electron chi connectivity index (χ3n) is 25.5. The van der Waals surface area contributed by atoms with Crippen molar-refractivity contribution in [3.63, 3.8) is 0 Å². The van der Waals surface area contributed by atoms with Crippen LogP contribution in [0.1, 0.15) is 16.8 Å². The van der Waals surface area contributed by atoms with Crippen molar-refractivity contribution in [3.05, 3.63) is 450 Å². The molecule has 0 N–H and O–H groups in total. The van der Waals surface area contributed by atoms with E-state index in [1.807, 2.05) is 129 Å². The van der Waals surface area contributed by atoms with Gasteiger partial charge in [-0.05, 0) is 183 Å². The summed E-state index contributed by atoms with van der Waals surface area (Å²) in [5.41, 5.74) is 28.4. The summed E-state index contributed by atoms with van der Waals surface area (Å²) in [5.74, 6) is 2.74. The van der Waals surface area contributed by atoms with Crippen LogP contribution in [-0.2, 0) is 63.2 Å². The van der Waals surface area contributed by atoms with E-state index in [4.69, 9.17) is 15.0 Å². The zero-order valence-electron chi connectivity index (χ0n) is 75.5. The molecule has 0 fully saturated rings. The number of hydrogen-bond donors (Lipinski definition) is 0. The molecular formula is C117H83N18Pt3-9. The number of aromatic nitrogens is 9. The van der Waals surface area contributed by atoms with Crippen molar-refractivity contribution in [2.75, 3.05) is 65.2 Å². The van der Waals surface area contributed by atoms with E-state index < -0.39 is 0 Å². The van der Waals surface area contributed by atoms with E-state index in [0.29, 0.717) is 0 Å². The third-order valence-corrected chi connectivity index (χ3v) is 25.5. The summed E-state index contributed by atoms with van der Waals surface area (Å²) in [6.45, 7) is 12.6. The molecule has 0 atom stereocenters. The molecule has 9 aromatic heterocycles. The molecule has 138 heavy (non-hydrogen) atoms. The maximum Gasteiger partial charge on any atom is 0.121 e. The fraction of sp³-hybridized carbons (Fsp3) is 0.0513. The second-order valence-electron chi connectivity index (χ2n) is 33.8. The SMILES string of the molecule is CN1[CH-]N(c2[c-]c(N(c3[c-]c4c(cc3)c3ccccc3n3c(-c5ccccc5)cnc43)c3ccccc3)ccc2)c2cccnc21.Cc1cccc(C)c1-c1cnc2c3[c-]c(N(c4[c-]c(N5[CH-]N(C)c6ncccc65)ccc4)c4ccccc4)ccc3c3ccccc3n12.Cc1cnc2c3[c-]c(N(c4[c-]c(N5[CH-]N(C)c6ncccc65)ccc4)c4ccccc4)ccc3c3ccccc3n12.[Pt].[Pt].[Pt]. The standard InChI is InChI=1S/C42H31N6.C40H27N6.C35H25N6.3Pt/c1-28-12-9-13-29(2)40(28)39-26-44-41-36-25-33(21-22-34(36)35-18-7-8-19-37(35)48(39)41)47(30-14-5-4-6-15-30)32-17-10-16-31(24-32)46-27-45(3)42-38(46)20-11-23-43-42;1-43-27-44(37-20-11-23-41-40(37)43)30-16-10-17-31(24-30)45(29-14-6-3-7-15-29)32-21-22-33-34-18-8-9-19-36(34)46-38(28-12-4-2-5-13-28)26-42-39(46)35(33)25-32;1-24-22-37-34-31-21-28(17-18-29(31)30-14-6-7-15-32(30)40(24)34)41(25-10-4-3-5-11-25)27-13-8-12-26(20-27)39-23-38(2)35-33(39)16-9-19-36-35;;;/h4-23,26-27H,1-3H3;2-23,26-27H,1H3;3-19,22-23H,1-2H3;;;/q3*-3;;;. The van der Waals surface area contributed by atoms with E-state index in [2.05, 4.69) is 419 Å². The monoisotopic (exact) mass is 2320 g/mol. The Balaban J connectivity index is 0.000000122. The number of pyridine rings is 6. The molecule has 680 valence electrons. The molecule has 12 heterocycles. The quantitative estimate of drug-likeness (QED) is 0.0758. The number of benzene rings is 14. The van der Waals surface area contributed by atoms with Crippen LogP contribution >= 0.6 is 0 Å². The maximum atomic E-state index is 5.08. The number of aryl methyl sites for hydroxylation is 3. The van der Waals surface area contributed by atoms with Crippen LogP contribution in [0.2, 0.25) is 0 Å². The Morgan fingerprint density at radius 2 is 0.572 bits per heavy atom. The zero-order valence-corrected chi connectivity index (χ0v) is 82.3. The van der Waals surface area contributed by atoms with E-state index in [9.17, 15) is 0 Å². The van der Waals surface area contributed by atoms with Gasteiger partial charge in [-0.25, -0.2) is 15.0 Å². The Morgan fingerprint density at radius 1 is 0.261 bits per heavy atom. The Kier molecular flexibility index (Phi) is 24.0. The number of nitrogens with zero attached hydrogens (tertiary/aromatic N) is 18. The third kappa shape index (κ3) is 15.5. The summed E-state index contributed by atoms with van der Waals surface area (Å²) in [4.78, 5) is 47.8.